The van der Waals surface area contributed by atoms with Gasteiger partial charge in [-0.25, -0.2) is 15.1 Å². The van der Waals surface area contributed by atoms with Crippen LogP contribution in [0, 0.1) is 11.3 Å². The molecule has 10 heteroatoms. The first-order valence-electron chi connectivity index (χ1n) is 9.24. The zero-order valence-electron chi connectivity index (χ0n) is 16.2. The molecular weight excluding hydrogens is 386 g/mol. The minimum atomic E-state index is -0.407. The van der Waals surface area contributed by atoms with Crippen LogP contribution in [0.5, 0.6) is 5.88 Å². The van der Waals surface area contributed by atoms with E-state index in [9.17, 15) is 10.1 Å². The first kappa shape index (κ1) is 19.2. The molecule has 0 atom stereocenters. The number of amides is 1. The third-order valence-corrected chi connectivity index (χ3v) is 4.47. The second-order valence-electron chi connectivity index (χ2n) is 6.45. The fourth-order valence-electron chi connectivity index (χ4n) is 3.09. The van der Waals surface area contributed by atoms with E-state index in [1.807, 2.05) is 0 Å². The second-order valence-corrected chi connectivity index (χ2v) is 6.45. The van der Waals surface area contributed by atoms with Crippen molar-refractivity contribution in [2.24, 2.45) is 0 Å². The standard InChI is InChI=1S/C20H19N7O3/c1-29-26-19(28)14-5-2-3-6-15(14)24-16-9-18(22-11-13(16)10-21)25-17-12-23-27-7-4-8-30-20(17)27/h2-3,5-6,9,11-12H,4,7-8H2,1H3,(H,26,28)(H2,22,24,25). The number of hydroxylamine groups is 1. The molecule has 0 spiro atoms. The SMILES string of the molecule is CONC(=O)c1ccccc1Nc1cc(Nc2cnn3c2OCCC3)ncc1C#N. The molecule has 2 aromatic heterocycles. The summed E-state index contributed by atoms with van der Waals surface area (Å²) in [6, 6.07) is 10.7. The number of nitrogens with one attached hydrogen (secondary N) is 3. The van der Waals surface area contributed by atoms with Crippen molar-refractivity contribution in [3.8, 4) is 11.9 Å². The topological polar surface area (TPSA) is 126 Å². The van der Waals surface area contributed by atoms with Crippen LogP contribution in [0.15, 0.2) is 42.7 Å². The highest BCUT2D eigenvalue weighted by atomic mass is 16.6. The van der Waals surface area contributed by atoms with Crippen molar-refractivity contribution >= 4 is 28.8 Å². The minimum absolute atomic E-state index is 0.329. The van der Waals surface area contributed by atoms with Crippen molar-refractivity contribution in [1.82, 2.24) is 20.2 Å². The van der Waals surface area contributed by atoms with Gasteiger partial charge in [-0.15, -0.1) is 0 Å². The molecule has 152 valence electrons. The number of hydrogen-bond acceptors (Lipinski definition) is 8. The zero-order valence-corrected chi connectivity index (χ0v) is 16.2. The summed E-state index contributed by atoms with van der Waals surface area (Å²) in [7, 11) is 1.36. The normalized spacial score (nSPS) is 12.3. The first-order valence-corrected chi connectivity index (χ1v) is 9.24. The molecule has 10 nitrogen and oxygen atoms in total. The van der Waals surface area contributed by atoms with Gasteiger partial charge in [0.15, 0.2) is 0 Å². The van der Waals surface area contributed by atoms with Crippen LogP contribution in [0.4, 0.5) is 22.9 Å². The number of carbonyl (C=O) groups is 1. The van der Waals surface area contributed by atoms with E-state index in [0.29, 0.717) is 46.5 Å². The Kier molecular flexibility index (Phi) is 5.45. The molecule has 3 N–H and O–H groups in total. The monoisotopic (exact) mass is 405 g/mol. The van der Waals surface area contributed by atoms with Crippen LogP contribution in [0.2, 0.25) is 0 Å². The molecular formula is C20H19N7O3. The van der Waals surface area contributed by atoms with Crippen molar-refractivity contribution in [2.45, 2.75) is 13.0 Å². The third kappa shape index (κ3) is 3.87. The smallest absolute Gasteiger partial charge is 0.276 e. The van der Waals surface area contributed by atoms with E-state index >= 15 is 0 Å². The number of carbonyl (C=O) groups excluding carboxylic acids is 1. The van der Waals surface area contributed by atoms with Crippen LogP contribution in [0.25, 0.3) is 0 Å². The average Bonchev–Trinajstić information content (AvgIpc) is 3.17. The van der Waals surface area contributed by atoms with Gasteiger partial charge in [-0.1, -0.05) is 12.1 Å². The Bertz CT molecular complexity index is 1120. The van der Waals surface area contributed by atoms with Gasteiger partial charge in [0, 0.05) is 25.2 Å². The lowest BCUT2D eigenvalue weighted by Gasteiger charge is -2.17. The van der Waals surface area contributed by atoms with Crippen molar-refractivity contribution < 1.29 is 14.4 Å². The number of ether oxygens (including phenoxy) is 1. The maximum Gasteiger partial charge on any atom is 0.276 e. The Balaban J connectivity index is 1.63. The molecule has 3 heterocycles. The van der Waals surface area contributed by atoms with Gasteiger partial charge in [-0.3, -0.25) is 9.63 Å². The van der Waals surface area contributed by atoms with Gasteiger partial charge in [0.05, 0.1) is 42.4 Å². The van der Waals surface area contributed by atoms with Gasteiger partial charge in [-0.05, 0) is 12.1 Å². The summed E-state index contributed by atoms with van der Waals surface area (Å²) in [4.78, 5) is 21.2. The summed E-state index contributed by atoms with van der Waals surface area (Å²) in [5.74, 6) is 0.749. The predicted octanol–water partition coefficient (Wildman–Crippen LogP) is 2.71. The third-order valence-electron chi connectivity index (χ3n) is 4.47. The van der Waals surface area contributed by atoms with Crippen LogP contribution in [-0.2, 0) is 11.4 Å². The van der Waals surface area contributed by atoms with E-state index in [0.717, 1.165) is 13.0 Å². The summed E-state index contributed by atoms with van der Waals surface area (Å²) < 4.78 is 7.48. The molecule has 0 aliphatic carbocycles. The molecule has 0 bridgehead atoms. The summed E-state index contributed by atoms with van der Waals surface area (Å²) in [6.07, 6.45) is 4.05. The summed E-state index contributed by atoms with van der Waals surface area (Å²) in [5.41, 5.74) is 4.70. The molecule has 1 aliphatic heterocycles. The molecule has 0 fully saturated rings. The second kappa shape index (κ2) is 8.50. The Morgan fingerprint density at radius 2 is 2.10 bits per heavy atom. The fourth-order valence-corrected chi connectivity index (χ4v) is 3.09. The van der Waals surface area contributed by atoms with Crippen molar-refractivity contribution in [2.75, 3.05) is 24.4 Å². The molecule has 0 unspecified atom stereocenters. The van der Waals surface area contributed by atoms with Crippen LogP contribution >= 0.6 is 0 Å². The molecule has 0 saturated carbocycles. The number of para-hydroxylation sites is 1. The Hall–Kier alpha value is -4.10. The van der Waals surface area contributed by atoms with Crippen molar-refractivity contribution in [3.63, 3.8) is 0 Å². The van der Waals surface area contributed by atoms with Gasteiger partial charge < -0.3 is 15.4 Å². The van der Waals surface area contributed by atoms with Gasteiger partial charge >= 0.3 is 0 Å². The van der Waals surface area contributed by atoms with Gasteiger partial charge in [0.1, 0.15) is 17.6 Å². The fraction of sp³-hybridized carbons (Fsp3) is 0.200. The Morgan fingerprint density at radius 1 is 1.23 bits per heavy atom. The summed E-state index contributed by atoms with van der Waals surface area (Å²) in [6.45, 7) is 1.43. The number of benzene rings is 1. The lowest BCUT2D eigenvalue weighted by Crippen LogP contribution is -2.22. The number of hydrogen-bond donors (Lipinski definition) is 3. The number of nitrogens with zero attached hydrogens (tertiary/aromatic N) is 4. The van der Waals surface area contributed by atoms with Crippen molar-refractivity contribution in [3.05, 3.63) is 53.9 Å². The van der Waals surface area contributed by atoms with Gasteiger partial charge in [0.2, 0.25) is 5.88 Å². The van der Waals surface area contributed by atoms with Crippen LogP contribution < -0.4 is 20.9 Å². The number of anilines is 4. The minimum Gasteiger partial charge on any atom is -0.476 e. The van der Waals surface area contributed by atoms with Gasteiger partial charge in [-0.2, -0.15) is 10.4 Å². The molecule has 0 radical (unpaired) electrons. The maximum absolute atomic E-state index is 12.2. The highest BCUT2D eigenvalue weighted by molar-refractivity contribution is 6.00. The highest BCUT2D eigenvalue weighted by Gasteiger charge is 2.18. The van der Waals surface area contributed by atoms with E-state index in [1.165, 1.54) is 13.3 Å². The largest absolute Gasteiger partial charge is 0.476 e. The van der Waals surface area contributed by atoms with Gasteiger partial charge in [0.25, 0.3) is 5.91 Å². The zero-order chi connectivity index (χ0) is 20.9. The molecule has 3 aromatic rings. The highest BCUT2D eigenvalue weighted by Crippen LogP contribution is 2.31. The number of aryl methyl sites for hydroxylation is 1. The van der Waals surface area contributed by atoms with E-state index < -0.39 is 5.91 Å². The maximum atomic E-state index is 12.2. The summed E-state index contributed by atoms with van der Waals surface area (Å²) >= 11 is 0. The lowest BCUT2D eigenvalue weighted by molar-refractivity contribution is 0.0538. The quantitative estimate of drug-likeness (QED) is 0.535. The number of nitriles is 1. The summed E-state index contributed by atoms with van der Waals surface area (Å²) in [5, 5.41) is 20.1. The van der Waals surface area contributed by atoms with E-state index in [-0.39, 0.29) is 0 Å². The van der Waals surface area contributed by atoms with Crippen LogP contribution in [0.3, 0.4) is 0 Å². The van der Waals surface area contributed by atoms with Crippen molar-refractivity contribution in [1.29, 1.82) is 5.26 Å². The number of rotatable bonds is 6. The van der Waals surface area contributed by atoms with E-state index in [2.05, 4.69) is 32.3 Å². The van der Waals surface area contributed by atoms with Crippen LogP contribution in [-0.4, -0.2) is 34.4 Å². The molecule has 0 saturated heterocycles. The molecule has 30 heavy (non-hydrogen) atoms. The lowest BCUT2D eigenvalue weighted by atomic mass is 10.1. The number of fused-ring (bicyclic) bond motifs is 1. The molecule has 1 amide bonds. The Labute approximate surface area is 172 Å². The molecule has 1 aromatic carbocycles. The predicted molar refractivity (Wildman–Crippen MR) is 109 cm³/mol. The number of aromatic nitrogens is 3. The van der Waals surface area contributed by atoms with Crippen LogP contribution in [0.1, 0.15) is 22.3 Å². The first-order chi connectivity index (χ1) is 14.7. The van der Waals surface area contributed by atoms with E-state index in [1.54, 1.807) is 41.2 Å². The Morgan fingerprint density at radius 3 is 2.93 bits per heavy atom. The number of pyridine rings is 1. The molecule has 4 rings (SSSR count). The van der Waals surface area contributed by atoms with E-state index in [4.69, 9.17) is 9.57 Å². The average molecular weight is 405 g/mol. The molecule has 1 aliphatic rings.